The van der Waals surface area contributed by atoms with Crippen LogP contribution >= 0.6 is 0 Å². The maximum absolute atomic E-state index is 13.0. The number of hydrogen-bond donors (Lipinski definition) is 1. The van der Waals surface area contributed by atoms with E-state index in [0.717, 1.165) is 0 Å². The molecule has 2 aromatic heterocycles. The van der Waals surface area contributed by atoms with Gasteiger partial charge in [0, 0.05) is 12.4 Å². The molecule has 100 valence electrons. The smallest absolute Gasteiger partial charge is 0.360 e. The molecule has 0 aliphatic carbocycles. The van der Waals surface area contributed by atoms with Gasteiger partial charge in [-0.1, -0.05) is 5.21 Å². The van der Waals surface area contributed by atoms with Gasteiger partial charge < -0.3 is 9.67 Å². The molecule has 0 unspecified atom stereocenters. The van der Waals surface area contributed by atoms with Gasteiger partial charge in [0.1, 0.15) is 5.82 Å². The number of halogens is 1. The van der Waals surface area contributed by atoms with Gasteiger partial charge in [-0.3, -0.25) is 0 Å². The molecule has 0 atom stereocenters. The van der Waals surface area contributed by atoms with Crippen molar-refractivity contribution in [1.82, 2.24) is 19.6 Å². The summed E-state index contributed by atoms with van der Waals surface area (Å²) in [6.45, 7) is 0. The summed E-state index contributed by atoms with van der Waals surface area (Å²) >= 11 is 0. The second-order valence-electron chi connectivity index (χ2n) is 4.05. The van der Waals surface area contributed by atoms with E-state index in [2.05, 4.69) is 10.3 Å². The molecule has 3 aromatic rings. The van der Waals surface area contributed by atoms with Crippen LogP contribution < -0.4 is 0 Å². The first kappa shape index (κ1) is 12.1. The summed E-state index contributed by atoms with van der Waals surface area (Å²) in [5.41, 5.74) is 0.348. The lowest BCUT2D eigenvalue weighted by molar-refractivity contribution is 0.0690. The predicted octanol–water partition coefficient (Wildman–Crippen LogP) is 1.90. The molecule has 7 heteroatoms. The molecule has 0 fully saturated rings. The van der Waals surface area contributed by atoms with Gasteiger partial charge in [-0.15, -0.1) is 5.10 Å². The quantitative estimate of drug-likeness (QED) is 0.790. The number of hydrogen-bond acceptors (Lipinski definition) is 3. The lowest BCUT2D eigenvalue weighted by Crippen LogP contribution is -2.08. The van der Waals surface area contributed by atoms with Crippen molar-refractivity contribution < 1.29 is 14.3 Å². The summed E-state index contributed by atoms with van der Waals surface area (Å²) in [6.07, 6.45) is 3.37. The minimum Gasteiger partial charge on any atom is -0.476 e. The van der Waals surface area contributed by atoms with Gasteiger partial charge in [-0.25, -0.2) is 9.18 Å². The van der Waals surface area contributed by atoms with Crippen LogP contribution in [0.15, 0.2) is 48.8 Å². The molecule has 1 N–H and O–H groups in total. The third-order valence-electron chi connectivity index (χ3n) is 2.77. The van der Waals surface area contributed by atoms with E-state index in [4.69, 9.17) is 0 Å². The molecular weight excluding hydrogens is 263 g/mol. The van der Waals surface area contributed by atoms with Crippen molar-refractivity contribution in [2.45, 2.75) is 0 Å². The normalized spacial score (nSPS) is 10.7. The summed E-state index contributed by atoms with van der Waals surface area (Å²) in [4.78, 5) is 11.2. The molecule has 0 aliphatic heterocycles. The number of nitrogens with zero attached hydrogens (tertiary/aromatic N) is 4. The summed E-state index contributed by atoms with van der Waals surface area (Å²) in [6, 6.07) is 9.07. The third-order valence-corrected chi connectivity index (χ3v) is 2.77. The number of carboxylic acid groups (broad SMARTS) is 1. The molecule has 2 heterocycles. The zero-order valence-corrected chi connectivity index (χ0v) is 10.1. The first-order chi connectivity index (χ1) is 9.66. The van der Waals surface area contributed by atoms with E-state index in [-0.39, 0.29) is 17.3 Å². The Morgan fingerprint density at radius 3 is 2.40 bits per heavy atom. The molecule has 0 saturated carbocycles. The molecule has 0 aliphatic rings. The maximum atomic E-state index is 13.0. The number of benzene rings is 1. The Hall–Kier alpha value is -2.96. The van der Waals surface area contributed by atoms with Crippen LogP contribution in [-0.2, 0) is 0 Å². The molecule has 3 rings (SSSR count). The van der Waals surface area contributed by atoms with Gasteiger partial charge in [0.25, 0.3) is 0 Å². The highest BCUT2D eigenvalue weighted by Gasteiger charge is 2.21. The molecule has 0 radical (unpaired) electrons. The van der Waals surface area contributed by atoms with Crippen LogP contribution in [0.1, 0.15) is 10.5 Å². The van der Waals surface area contributed by atoms with Gasteiger partial charge in [0.05, 0.1) is 5.69 Å². The molecule has 20 heavy (non-hydrogen) atoms. The SMILES string of the molecule is O=C(O)c1nnn(-c2ccc(F)cc2)c1-n1cccc1. The Kier molecular flexibility index (Phi) is 2.79. The lowest BCUT2D eigenvalue weighted by atomic mass is 10.3. The van der Waals surface area contributed by atoms with Crippen LogP contribution in [-0.4, -0.2) is 30.6 Å². The number of aromatic carboxylic acids is 1. The highest BCUT2D eigenvalue weighted by atomic mass is 19.1. The van der Waals surface area contributed by atoms with Crippen molar-refractivity contribution in [2.24, 2.45) is 0 Å². The van der Waals surface area contributed by atoms with Crippen LogP contribution in [0.4, 0.5) is 4.39 Å². The number of rotatable bonds is 3. The van der Waals surface area contributed by atoms with Gasteiger partial charge in [-0.05, 0) is 36.4 Å². The average molecular weight is 272 g/mol. The largest absolute Gasteiger partial charge is 0.476 e. The molecule has 1 aromatic carbocycles. The Labute approximate surface area is 112 Å². The van der Waals surface area contributed by atoms with Crippen molar-refractivity contribution >= 4 is 5.97 Å². The first-order valence-corrected chi connectivity index (χ1v) is 5.75. The topological polar surface area (TPSA) is 72.9 Å². The summed E-state index contributed by atoms with van der Waals surface area (Å²) in [7, 11) is 0. The van der Waals surface area contributed by atoms with Crippen molar-refractivity contribution in [1.29, 1.82) is 0 Å². The molecule has 0 saturated heterocycles. The number of carbonyl (C=O) groups is 1. The van der Waals surface area contributed by atoms with Crippen molar-refractivity contribution in [3.63, 3.8) is 0 Å². The standard InChI is InChI=1S/C13H9FN4O2/c14-9-3-5-10(6-4-9)18-12(17-7-1-2-8-17)11(13(19)20)15-16-18/h1-8H,(H,19,20). The number of aromatic nitrogens is 4. The van der Waals surface area contributed by atoms with E-state index in [1.54, 1.807) is 29.1 Å². The lowest BCUT2D eigenvalue weighted by Gasteiger charge is -2.07. The van der Waals surface area contributed by atoms with Gasteiger partial charge in [0.2, 0.25) is 5.69 Å². The summed E-state index contributed by atoms with van der Waals surface area (Å²) in [5, 5.41) is 16.7. The van der Waals surface area contributed by atoms with Crippen LogP contribution in [0.3, 0.4) is 0 Å². The molecule has 0 amide bonds. The van der Waals surface area contributed by atoms with Crippen molar-refractivity contribution in [3.8, 4) is 11.5 Å². The van der Waals surface area contributed by atoms with Crippen LogP contribution in [0.25, 0.3) is 11.5 Å². The van der Waals surface area contributed by atoms with Gasteiger partial charge in [-0.2, -0.15) is 4.68 Å². The Morgan fingerprint density at radius 1 is 1.15 bits per heavy atom. The second kappa shape index (κ2) is 4.61. The van der Waals surface area contributed by atoms with E-state index < -0.39 is 5.97 Å². The Bertz CT molecular complexity index is 747. The highest BCUT2D eigenvalue weighted by Crippen LogP contribution is 2.18. The van der Waals surface area contributed by atoms with E-state index in [0.29, 0.717) is 5.69 Å². The van der Waals surface area contributed by atoms with E-state index in [1.807, 2.05) is 0 Å². The van der Waals surface area contributed by atoms with Gasteiger partial charge >= 0.3 is 5.97 Å². The van der Waals surface area contributed by atoms with Crippen LogP contribution in [0, 0.1) is 5.82 Å². The molecule has 0 bridgehead atoms. The van der Waals surface area contributed by atoms with Crippen LogP contribution in [0.5, 0.6) is 0 Å². The molecule has 0 spiro atoms. The zero-order valence-electron chi connectivity index (χ0n) is 10.1. The fraction of sp³-hybridized carbons (Fsp3) is 0. The Balaban J connectivity index is 2.21. The minimum absolute atomic E-state index is 0.175. The fourth-order valence-corrected chi connectivity index (χ4v) is 1.88. The fourth-order valence-electron chi connectivity index (χ4n) is 1.88. The van der Waals surface area contributed by atoms with E-state index in [9.17, 15) is 14.3 Å². The maximum Gasteiger partial charge on any atom is 0.360 e. The van der Waals surface area contributed by atoms with E-state index >= 15 is 0 Å². The second-order valence-corrected chi connectivity index (χ2v) is 4.05. The Morgan fingerprint density at radius 2 is 1.80 bits per heavy atom. The summed E-state index contributed by atoms with van der Waals surface area (Å²) in [5.74, 6) is -1.27. The monoisotopic (exact) mass is 272 g/mol. The summed E-state index contributed by atoms with van der Waals surface area (Å²) < 4.78 is 15.9. The number of carboxylic acids is 1. The van der Waals surface area contributed by atoms with Crippen molar-refractivity contribution in [3.05, 3.63) is 60.3 Å². The minimum atomic E-state index is -1.18. The van der Waals surface area contributed by atoms with E-state index in [1.165, 1.54) is 28.9 Å². The molecular formula is C13H9FN4O2. The third kappa shape index (κ3) is 1.95. The predicted molar refractivity (Wildman–Crippen MR) is 67.6 cm³/mol. The average Bonchev–Trinajstić information content (AvgIpc) is 3.08. The molecule has 6 nitrogen and oxygen atoms in total. The van der Waals surface area contributed by atoms with Gasteiger partial charge in [0.15, 0.2) is 5.82 Å². The zero-order chi connectivity index (χ0) is 14.1. The highest BCUT2D eigenvalue weighted by molar-refractivity contribution is 5.89. The van der Waals surface area contributed by atoms with Crippen molar-refractivity contribution in [2.75, 3.05) is 0 Å². The van der Waals surface area contributed by atoms with Crippen LogP contribution in [0.2, 0.25) is 0 Å². The first-order valence-electron chi connectivity index (χ1n) is 5.75.